The van der Waals surface area contributed by atoms with Gasteiger partial charge in [0.25, 0.3) is 11.5 Å². The molecule has 0 saturated heterocycles. The van der Waals surface area contributed by atoms with Crippen molar-refractivity contribution in [1.29, 1.82) is 0 Å². The number of nitrogens with zero attached hydrogens (tertiary/aromatic N) is 3. The van der Waals surface area contributed by atoms with Crippen molar-refractivity contribution in [3.63, 3.8) is 0 Å². The number of benzene rings is 3. The minimum atomic E-state index is -0.500. The van der Waals surface area contributed by atoms with E-state index in [0.29, 0.717) is 34.5 Å². The first-order valence-corrected chi connectivity index (χ1v) is 10.1. The van der Waals surface area contributed by atoms with Gasteiger partial charge in [0.1, 0.15) is 11.6 Å². The fourth-order valence-corrected chi connectivity index (χ4v) is 3.75. The van der Waals surface area contributed by atoms with Crippen LogP contribution in [0, 0.1) is 5.82 Å². The second kappa shape index (κ2) is 8.52. The third kappa shape index (κ3) is 3.84. The van der Waals surface area contributed by atoms with Gasteiger partial charge in [-0.1, -0.05) is 30.3 Å². The van der Waals surface area contributed by atoms with Gasteiger partial charge in [0.05, 0.1) is 22.6 Å². The third-order valence-corrected chi connectivity index (χ3v) is 5.35. The van der Waals surface area contributed by atoms with Crippen molar-refractivity contribution in [3.05, 3.63) is 106 Å². The molecule has 0 aliphatic carbocycles. The molecule has 1 atom stereocenters. The first-order chi connectivity index (χ1) is 15.0. The molecule has 0 radical (unpaired) electrons. The molecule has 0 aliphatic heterocycles. The topological polar surface area (TPSA) is 55.2 Å². The first-order valence-electron chi connectivity index (χ1n) is 10.1. The molecule has 0 aliphatic rings. The highest BCUT2D eigenvalue weighted by atomic mass is 19.1. The lowest BCUT2D eigenvalue weighted by Crippen LogP contribution is -2.37. The van der Waals surface area contributed by atoms with E-state index in [1.807, 2.05) is 38.1 Å². The van der Waals surface area contributed by atoms with E-state index >= 15 is 0 Å². The van der Waals surface area contributed by atoms with Crippen LogP contribution in [0.5, 0.6) is 0 Å². The van der Waals surface area contributed by atoms with Crippen LogP contribution in [0.4, 0.5) is 4.39 Å². The number of halogens is 1. The number of amides is 1. The molecule has 1 heterocycles. The maximum absolute atomic E-state index is 13.5. The van der Waals surface area contributed by atoms with Gasteiger partial charge in [-0.3, -0.25) is 14.2 Å². The second-order valence-corrected chi connectivity index (χ2v) is 7.24. The minimum absolute atomic E-state index is 0.149. The van der Waals surface area contributed by atoms with Crippen LogP contribution in [-0.2, 0) is 0 Å². The smallest absolute Gasteiger partial charge is 0.266 e. The van der Waals surface area contributed by atoms with Crippen molar-refractivity contribution in [3.8, 4) is 5.69 Å². The summed E-state index contributed by atoms with van der Waals surface area (Å²) in [6, 6.07) is 21.3. The number of hydrogen-bond donors (Lipinski definition) is 0. The minimum Gasteiger partial charge on any atom is -0.329 e. The van der Waals surface area contributed by atoms with Crippen molar-refractivity contribution in [2.75, 3.05) is 6.54 Å². The fraction of sp³-hybridized carbons (Fsp3) is 0.160. The molecule has 5 nitrogen and oxygen atoms in total. The monoisotopic (exact) mass is 415 g/mol. The molecular formula is C25H22FN3O2. The van der Waals surface area contributed by atoms with Gasteiger partial charge in [0.2, 0.25) is 0 Å². The summed E-state index contributed by atoms with van der Waals surface area (Å²) in [4.78, 5) is 33.0. The summed E-state index contributed by atoms with van der Waals surface area (Å²) in [6.07, 6.45) is 0. The maximum Gasteiger partial charge on any atom is 0.266 e. The summed E-state index contributed by atoms with van der Waals surface area (Å²) in [7, 11) is 0. The lowest BCUT2D eigenvalue weighted by molar-refractivity contribution is 0.0693. The van der Waals surface area contributed by atoms with Gasteiger partial charge in [-0.15, -0.1) is 0 Å². The average molecular weight is 415 g/mol. The van der Waals surface area contributed by atoms with Crippen LogP contribution in [-0.4, -0.2) is 26.9 Å². The van der Waals surface area contributed by atoms with Crippen LogP contribution in [0.3, 0.4) is 0 Å². The second-order valence-electron chi connectivity index (χ2n) is 7.24. The van der Waals surface area contributed by atoms with Crippen molar-refractivity contribution >= 4 is 16.8 Å². The maximum atomic E-state index is 13.5. The van der Waals surface area contributed by atoms with Gasteiger partial charge in [-0.05, 0) is 62.4 Å². The van der Waals surface area contributed by atoms with Crippen molar-refractivity contribution in [2.24, 2.45) is 0 Å². The normalized spacial score (nSPS) is 12.0. The molecule has 1 unspecified atom stereocenters. The SMILES string of the molecule is CCN(C(=O)c1ccccc1)C(C)c1nc2ccccc2c(=O)n1-c1ccc(F)cc1. The van der Waals surface area contributed by atoms with Gasteiger partial charge in [-0.25, -0.2) is 9.37 Å². The Hall–Kier alpha value is -3.80. The molecule has 6 heteroatoms. The molecular weight excluding hydrogens is 393 g/mol. The Labute approximate surface area is 179 Å². The van der Waals surface area contributed by atoms with Crippen molar-refractivity contribution in [1.82, 2.24) is 14.5 Å². The van der Waals surface area contributed by atoms with Gasteiger partial charge in [-0.2, -0.15) is 0 Å². The molecule has 1 amide bonds. The van der Waals surface area contributed by atoms with Crippen LogP contribution in [0.15, 0.2) is 83.7 Å². The molecule has 4 aromatic rings. The summed E-state index contributed by atoms with van der Waals surface area (Å²) in [5, 5.41) is 0.459. The Morgan fingerprint density at radius 3 is 2.32 bits per heavy atom. The molecule has 0 fully saturated rings. The summed E-state index contributed by atoms with van der Waals surface area (Å²) in [6.45, 7) is 4.17. The molecule has 1 aromatic heterocycles. The Morgan fingerprint density at radius 2 is 1.65 bits per heavy atom. The van der Waals surface area contributed by atoms with Crippen LogP contribution < -0.4 is 5.56 Å². The van der Waals surface area contributed by atoms with Gasteiger partial charge >= 0.3 is 0 Å². The van der Waals surface area contributed by atoms with E-state index in [4.69, 9.17) is 4.98 Å². The van der Waals surface area contributed by atoms with Crippen LogP contribution in [0.1, 0.15) is 36.1 Å². The Bertz CT molecular complexity index is 1280. The predicted molar refractivity (Wildman–Crippen MR) is 119 cm³/mol. The zero-order valence-corrected chi connectivity index (χ0v) is 17.3. The van der Waals surface area contributed by atoms with E-state index in [0.717, 1.165) is 0 Å². The molecule has 0 spiro atoms. The Kier molecular flexibility index (Phi) is 5.62. The summed E-state index contributed by atoms with van der Waals surface area (Å²) in [5.74, 6) is -0.125. The van der Waals surface area contributed by atoms with Gasteiger partial charge in [0.15, 0.2) is 0 Å². The number of carbonyl (C=O) groups is 1. The molecule has 4 rings (SSSR count). The molecule has 0 N–H and O–H groups in total. The summed E-state index contributed by atoms with van der Waals surface area (Å²) in [5.41, 5.74) is 1.35. The highest BCUT2D eigenvalue weighted by molar-refractivity contribution is 5.94. The molecule has 156 valence electrons. The standard InChI is InChI=1S/C25H22FN3O2/c1-3-28(24(30)18-9-5-4-6-10-18)17(2)23-27-22-12-8-7-11-21(22)25(31)29(23)20-15-13-19(26)14-16-20/h4-17H,3H2,1-2H3. The lowest BCUT2D eigenvalue weighted by Gasteiger charge is -2.29. The predicted octanol–water partition coefficient (Wildman–Crippen LogP) is 4.75. The van der Waals surface area contributed by atoms with Crippen LogP contribution >= 0.6 is 0 Å². The number of rotatable bonds is 5. The summed E-state index contributed by atoms with van der Waals surface area (Å²) >= 11 is 0. The van der Waals surface area contributed by atoms with Gasteiger partial charge in [0, 0.05) is 12.1 Å². The number of carbonyl (C=O) groups excluding carboxylic acids is 1. The number of hydrogen-bond acceptors (Lipinski definition) is 3. The fourth-order valence-electron chi connectivity index (χ4n) is 3.75. The Morgan fingerprint density at radius 1 is 1.00 bits per heavy atom. The van der Waals surface area contributed by atoms with E-state index in [2.05, 4.69) is 0 Å². The van der Waals surface area contributed by atoms with Crippen LogP contribution in [0.25, 0.3) is 16.6 Å². The highest BCUT2D eigenvalue weighted by Gasteiger charge is 2.26. The highest BCUT2D eigenvalue weighted by Crippen LogP contribution is 2.24. The van der Waals surface area contributed by atoms with Crippen LogP contribution in [0.2, 0.25) is 0 Å². The van der Waals surface area contributed by atoms with Crippen molar-refractivity contribution < 1.29 is 9.18 Å². The lowest BCUT2D eigenvalue weighted by atomic mass is 10.1. The van der Waals surface area contributed by atoms with Crippen molar-refractivity contribution in [2.45, 2.75) is 19.9 Å². The number of fused-ring (bicyclic) bond motifs is 1. The molecule has 3 aromatic carbocycles. The largest absolute Gasteiger partial charge is 0.329 e. The Balaban J connectivity index is 1.90. The zero-order chi connectivity index (χ0) is 22.0. The zero-order valence-electron chi connectivity index (χ0n) is 17.3. The average Bonchev–Trinajstić information content (AvgIpc) is 2.80. The van der Waals surface area contributed by atoms with E-state index in [-0.39, 0.29) is 11.5 Å². The third-order valence-electron chi connectivity index (χ3n) is 5.35. The van der Waals surface area contributed by atoms with E-state index < -0.39 is 11.9 Å². The molecule has 31 heavy (non-hydrogen) atoms. The summed E-state index contributed by atoms with van der Waals surface area (Å²) < 4.78 is 15.0. The van der Waals surface area contributed by atoms with E-state index in [1.54, 1.807) is 47.4 Å². The number of aromatic nitrogens is 2. The quantitative estimate of drug-likeness (QED) is 0.473. The number of para-hydroxylation sites is 1. The first kappa shape index (κ1) is 20.5. The van der Waals surface area contributed by atoms with Gasteiger partial charge < -0.3 is 4.90 Å². The van der Waals surface area contributed by atoms with E-state index in [9.17, 15) is 14.0 Å². The van der Waals surface area contributed by atoms with E-state index in [1.165, 1.54) is 16.7 Å². The molecule has 0 saturated carbocycles. The molecule has 0 bridgehead atoms.